The number of hydrogen-bond donors (Lipinski definition) is 3. The van der Waals surface area contributed by atoms with Crippen molar-refractivity contribution in [3.63, 3.8) is 0 Å². The summed E-state index contributed by atoms with van der Waals surface area (Å²) in [4.78, 5) is 30.1. The Labute approximate surface area is 220 Å². The lowest BCUT2D eigenvalue weighted by molar-refractivity contribution is -0.607. The molecule has 1 fully saturated rings. The van der Waals surface area contributed by atoms with Gasteiger partial charge in [-0.25, -0.2) is 4.98 Å². The van der Waals surface area contributed by atoms with Crippen molar-refractivity contribution in [2.24, 2.45) is 0 Å². The zero-order valence-corrected chi connectivity index (χ0v) is 22.8. The third kappa shape index (κ3) is 5.82. The van der Waals surface area contributed by atoms with Gasteiger partial charge in [0.2, 0.25) is 17.5 Å². The Morgan fingerprint density at radius 3 is 2.58 bits per heavy atom. The number of carbonyl (C=O) groups is 1. The molecule has 9 nitrogen and oxygen atoms in total. The average molecular weight is 555 g/mol. The van der Waals surface area contributed by atoms with Crippen LogP contribution in [0.5, 0.6) is 0 Å². The average Bonchev–Trinajstić information content (AvgIpc) is 2.88. The fourth-order valence-corrected chi connectivity index (χ4v) is 4.57. The molecule has 10 heteroatoms. The molecule has 3 heterocycles. The van der Waals surface area contributed by atoms with E-state index in [4.69, 9.17) is 15.4 Å². The van der Waals surface area contributed by atoms with E-state index in [9.17, 15) is 4.79 Å². The van der Waals surface area contributed by atoms with Gasteiger partial charge in [-0.1, -0.05) is 25.1 Å². The molecular weight excluding hydrogens is 520 g/mol. The first-order valence-electron chi connectivity index (χ1n) is 12.4. The number of hydrogen-bond acceptors (Lipinski definition) is 7. The molecule has 36 heavy (non-hydrogen) atoms. The van der Waals surface area contributed by atoms with Gasteiger partial charge in [-0.3, -0.25) is 15.2 Å². The molecule has 4 N–H and O–H groups in total. The van der Waals surface area contributed by atoms with E-state index in [1.54, 1.807) is 6.92 Å². The SMILES string of the molecule is CCC(C)[NH2+]c1c(N[C@H](C)c2cnc3ccccc3c2)nc(N2CCN(C(C)=O)CC2)nc1C(=N)Br. The number of pyridine rings is 1. The minimum atomic E-state index is -0.0686. The molecule has 0 saturated carbocycles. The van der Waals surface area contributed by atoms with Gasteiger partial charge >= 0.3 is 0 Å². The first-order chi connectivity index (χ1) is 17.3. The molecule has 2 atom stereocenters. The molecule has 1 aliphatic heterocycles. The van der Waals surface area contributed by atoms with Crippen LogP contribution in [-0.4, -0.2) is 62.6 Å². The van der Waals surface area contributed by atoms with Crippen LogP contribution in [0, 0.1) is 5.41 Å². The molecule has 0 aliphatic carbocycles. The maximum Gasteiger partial charge on any atom is 0.228 e. The molecule has 4 rings (SSSR count). The fraction of sp³-hybridized carbons (Fsp3) is 0.423. The van der Waals surface area contributed by atoms with Gasteiger partial charge in [0.1, 0.15) is 4.62 Å². The van der Waals surface area contributed by atoms with Gasteiger partial charge in [0, 0.05) is 44.7 Å². The Hall–Kier alpha value is -3.11. The Morgan fingerprint density at radius 2 is 1.92 bits per heavy atom. The van der Waals surface area contributed by atoms with E-state index in [1.165, 1.54) is 0 Å². The number of nitrogens with two attached hydrogens (primary N) is 1. The number of quaternary nitrogens is 1. The summed E-state index contributed by atoms with van der Waals surface area (Å²) in [5.41, 5.74) is 3.38. The lowest BCUT2D eigenvalue weighted by Crippen LogP contribution is -2.84. The largest absolute Gasteiger partial charge is 0.358 e. The number of fused-ring (bicyclic) bond motifs is 1. The zero-order chi connectivity index (χ0) is 25.8. The van der Waals surface area contributed by atoms with Crippen molar-refractivity contribution in [3.05, 3.63) is 47.8 Å². The van der Waals surface area contributed by atoms with Crippen LogP contribution in [0.3, 0.4) is 0 Å². The molecule has 1 amide bonds. The summed E-state index contributed by atoms with van der Waals surface area (Å²) in [6.45, 7) is 10.5. The Morgan fingerprint density at radius 1 is 1.19 bits per heavy atom. The highest BCUT2D eigenvalue weighted by atomic mass is 79.9. The van der Waals surface area contributed by atoms with Crippen LogP contribution < -0.4 is 15.5 Å². The van der Waals surface area contributed by atoms with Gasteiger partial charge in [0.25, 0.3) is 0 Å². The smallest absolute Gasteiger partial charge is 0.228 e. The molecule has 3 aromatic rings. The van der Waals surface area contributed by atoms with Gasteiger partial charge in [0.15, 0.2) is 11.5 Å². The molecule has 1 unspecified atom stereocenters. The summed E-state index contributed by atoms with van der Waals surface area (Å²) in [6.07, 6.45) is 2.86. The summed E-state index contributed by atoms with van der Waals surface area (Å²) >= 11 is 3.37. The highest BCUT2D eigenvalue weighted by Crippen LogP contribution is 2.29. The molecule has 1 aliphatic rings. The number of rotatable bonds is 8. The fourth-order valence-electron chi connectivity index (χ4n) is 4.27. The molecule has 1 aromatic carbocycles. The topological polar surface area (TPSA) is 115 Å². The van der Waals surface area contributed by atoms with Crippen molar-refractivity contribution in [2.75, 3.05) is 36.4 Å². The number of nitrogens with one attached hydrogen (secondary N) is 2. The van der Waals surface area contributed by atoms with Crippen molar-refractivity contribution in [1.82, 2.24) is 19.9 Å². The van der Waals surface area contributed by atoms with E-state index in [0.29, 0.717) is 49.7 Å². The van der Waals surface area contributed by atoms with Gasteiger partial charge in [0.05, 0.1) is 17.6 Å². The number of nitrogens with zero attached hydrogens (tertiary/aromatic N) is 5. The van der Waals surface area contributed by atoms with Crippen LogP contribution in [0.4, 0.5) is 17.5 Å². The zero-order valence-electron chi connectivity index (χ0n) is 21.3. The molecule has 0 bridgehead atoms. The van der Waals surface area contributed by atoms with Gasteiger partial charge in [-0.15, -0.1) is 0 Å². The number of halogens is 1. The van der Waals surface area contributed by atoms with Crippen molar-refractivity contribution in [1.29, 1.82) is 5.41 Å². The Kier molecular flexibility index (Phi) is 8.15. The van der Waals surface area contributed by atoms with Crippen molar-refractivity contribution >= 4 is 54.8 Å². The number of para-hydroxylation sites is 1. The van der Waals surface area contributed by atoms with Crippen LogP contribution in [-0.2, 0) is 4.79 Å². The molecule has 0 radical (unpaired) electrons. The summed E-state index contributed by atoms with van der Waals surface area (Å²) in [5.74, 6) is 1.33. The molecular formula is C26H34BrN8O+. The van der Waals surface area contributed by atoms with E-state index in [0.717, 1.165) is 28.6 Å². The van der Waals surface area contributed by atoms with Crippen molar-refractivity contribution in [2.45, 2.75) is 46.2 Å². The van der Waals surface area contributed by atoms with E-state index < -0.39 is 0 Å². The minimum Gasteiger partial charge on any atom is -0.358 e. The highest BCUT2D eigenvalue weighted by Gasteiger charge is 2.27. The third-order valence-corrected chi connectivity index (χ3v) is 7.09. The van der Waals surface area contributed by atoms with Crippen molar-refractivity contribution in [3.8, 4) is 0 Å². The highest BCUT2D eigenvalue weighted by molar-refractivity contribution is 9.18. The van der Waals surface area contributed by atoms with Crippen LogP contribution in [0.25, 0.3) is 10.9 Å². The molecule has 2 aromatic heterocycles. The van der Waals surface area contributed by atoms with E-state index in [1.807, 2.05) is 29.3 Å². The first kappa shape index (κ1) is 26.0. The van der Waals surface area contributed by atoms with Crippen LogP contribution in [0.2, 0.25) is 0 Å². The second kappa shape index (κ2) is 11.3. The number of benzene rings is 1. The van der Waals surface area contributed by atoms with Gasteiger partial charge in [-0.05, 0) is 53.9 Å². The predicted molar refractivity (Wildman–Crippen MR) is 147 cm³/mol. The lowest BCUT2D eigenvalue weighted by atomic mass is 10.1. The monoisotopic (exact) mass is 553 g/mol. The second-order valence-corrected chi connectivity index (χ2v) is 10.1. The van der Waals surface area contributed by atoms with Crippen LogP contribution in [0.1, 0.15) is 51.4 Å². The Bertz CT molecular complexity index is 1260. The number of anilines is 2. The predicted octanol–water partition coefficient (Wildman–Crippen LogP) is 3.58. The van der Waals surface area contributed by atoms with E-state index in [2.05, 4.69) is 69.4 Å². The molecule has 0 spiro atoms. The van der Waals surface area contributed by atoms with Crippen LogP contribution >= 0.6 is 15.9 Å². The number of carbonyl (C=O) groups excluding carboxylic acids is 1. The normalized spacial score (nSPS) is 15.6. The quantitative estimate of drug-likeness (QED) is 0.367. The van der Waals surface area contributed by atoms with E-state index in [-0.39, 0.29) is 16.6 Å². The maximum atomic E-state index is 11.8. The first-order valence-corrected chi connectivity index (χ1v) is 13.2. The van der Waals surface area contributed by atoms with Crippen LogP contribution in [0.15, 0.2) is 36.5 Å². The lowest BCUT2D eigenvalue weighted by Gasteiger charge is -2.34. The standard InChI is InChI=1S/C26H33BrN8O/c1-5-16(2)30-23-22(24(27)28)32-26(35-12-10-34(11-13-35)18(4)36)33-25(23)31-17(3)20-14-19-8-6-7-9-21(19)29-15-20/h6-9,14-17,28,30H,5,10-13H2,1-4H3,(H,31,32,33)/p+1/t16?,17-/m1/s1. The summed E-state index contributed by atoms with van der Waals surface area (Å²) in [5, 5.41) is 15.2. The number of piperazine rings is 1. The molecule has 190 valence electrons. The summed E-state index contributed by atoms with van der Waals surface area (Å²) in [7, 11) is 0. The minimum absolute atomic E-state index is 0.0686. The van der Waals surface area contributed by atoms with Crippen molar-refractivity contribution < 1.29 is 10.1 Å². The summed E-state index contributed by atoms with van der Waals surface area (Å²) in [6, 6.07) is 10.4. The second-order valence-electron chi connectivity index (χ2n) is 9.32. The Balaban J connectivity index is 1.70. The third-order valence-electron chi connectivity index (χ3n) is 6.71. The number of aromatic nitrogens is 3. The maximum absolute atomic E-state index is 11.8. The summed E-state index contributed by atoms with van der Waals surface area (Å²) < 4.78 is 0.214. The van der Waals surface area contributed by atoms with E-state index >= 15 is 0 Å². The van der Waals surface area contributed by atoms with Gasteiger partial charge in [-0.2, -0.15) is 4.98 Å². The number of amides is 1. The molecule has 1 saturated heterocycles. The van der Waals surface area contributed by atoms with Gasteiger partial charge < -0.3 is 20.4 Å².